The first-order valence-electron chi connectivity index (χ1n) is 4.08. The maximum Gasteiger partial charge on any atom is 0.171 e. The molecule has 2 rings (SSSR count). The van der Waals surface area contributed by atoms with E-state index in [1.165, 1.54) is 10.9 Å². The van der Waals surface area contributed by atoms with E-state index >= 15 is 0 Å². The van der Waals surface area contributed by atoms with Crippen molar-refractivity contribution >= 4 is 6.29 Å². The molecule has 0 spiro atoms. The lowest BCUT2D eigenvalue weighted by molar-refractivity contribution is 0.112. The second kappa shape index (κ2) is 3.37. The highest BCUT2D eigenvalue weighted by atomic mass is 16.1. The lowest BCUT2D eigenvalue weighted by Gasteiger charge is -1.98. The van der Waals surface area contributed by atoms with E-state index in [9.17, 15) is 4.79 Å². The van der Waals surface area contributed by atoms with Crippen LogP contribution in [0.3, 0.4) is 0 Å². The van der Waals surface area contributed by atoms with Gasteiger partial charge in [-0.3, -0.25) is 9.78 Å². The van der Waals surface area contributed by atoms with Crippen molar-refractivity contribution in [3.63, 3.8) is 0 Å². The SMILES string of the molecule is Cc1cnc(-n2cc(C=O)cn2)cn1. The van der Waals surface area contributed by atoms with Crippen LogP contribution in [0.25, 0.3) is 5.82 Å². The van der Waals surface area contributed by atoms with Gasteiger partial charge in [0.25, 0.3) is 0 Å². The van der Waals surface area contributed by atoms with E-state index in [1.54, 1.807) is 18.6 Å². The third kappa shape index (κ3) is 1.52. The molecule has 0 bridgehead atoms. The molecule has 0 saturated carbocycles. The molecule has 0 aromatic carbocycles. The predicted molar refractivity (Wildman–Crippen MR) is 49.3 cm³/mol. The largest absolute Gasteiger partial charge is 0.298 e. The minimum absolute atomic E-state index is 0.521. The van der Waals surface area contributed by atoms with Gasteiger partial charge in [0.1, 0.15) is 0 Å². The van der Waals surface area contributed by atoms with E-state index in [0.717, 1.165) is 12.0 Å². The molecule has 14 heavy (non-hydrogen) atoms. The summed E-state index contributed by atoms with van der Waals surface area (Å²) in [5, 5.41) is 3.97. The third-order valence-electron chi connectivity index (χ3n) is 1.74. The van der Waals surface area contributed by atoms with Crippen LogP contribution in [0.1, 0.15) is 16.1 Å². The first-order valence-corrected chi connectivity index (χ1v) is 4.08. The summed E-state index contributed by atoms with van der Waals surface area (Å²) in [6.07, 6.45) is 7.08. The Hall–Kier alpha value is -2.04. The highest BCUT2D eigenvalue weighted by molar-refractivity contribution is 5.73. The molecule has 5 nitrogen and oxygen atoms in total. The third-order valence-corrected chi connectivity index (χ3v) is 1.74. The van der Waals surface area contributed by atoms with Gasteiger partial charge in [-0.05, 0) is 6.92 Å². The number of nitrogens with zero attached hydrogens (tertiary/aromatic N) is 4. The van der Waals surface area contributed by atoms with Crippen molar-refractivity contribution in [3.05, 3.63) is 36.0 Å². The Balaban J connectivity index is 2.39. The number of aldehydes is 1. The van der Waals surface area contributed by atoms with Crippen molar-refractivity contribution in [1.29, 1.82) is 0 Å². The van der Waals surface area contributed by atoms with Crippen LogP contribution in [0.15, 0.2) is 24.8 Å². The van der Waals surface area contributed by atoms with Gasteiger partial charge < -0.3 is 0 Å². The average Bonchev–Trinajstić information content (AvgIpc) is 2.67. The molecule has 2 aromatic heterocycles. The maximum absolute atomic E-state index is 10.4. The van der Waals surface area contributed by atoms with Crippen molar-refractivity contribution in [3.8, 4) is 5.82 Å². The minimum atomic E-state index is 0.521. The van der Waals surface area contributed by atoms with E-state index in [0.29, 0.717) is 11.4 Å². The van der Waals surface area contributed by atoms with Crippen molar-refractivity contribution in [1.82, 2.24) is 19.7 Å². The Morgan fingerprint density at radius 1 is 1.29 bits per heavy atom. The molecule has 2 heterocycles. The van der Waals surface area contributed by atoms with Gasteiger partial charge >= 0.3 is 0 Å². The number of hydrogen-bond donors (Lipinski definition) is 0. The van der Waals surface area contributed by atoms with E-state index in [2.05, 4.69) is 15.1 Å². The summed E-state index contributed by atoms with van der Waals surface area (Å²) in [7, 11) is 0. The summed E-state index contributed by atoms with van der Waals surface area (Å²) in [6, 6.07) is 0. The van der Waals surface area contributed by atoms with Crippen LogP contribution in [-0.4, -0.2) is 26.0 Å². The van der Waals surface area contributed by atoms with Crippen LogP contribution >= 0.6 is 0 Å². The fraction of sp³-hybridized carbons (Fsp3) is 0.111. The number of aryl methyl sites for hydroxylation is 1. The fourth-order valence-electron chi connectivity index (χ4n) is 1.03. The Labute approximate surface area is 80.4 Å². The van der Waals surface area contributed by atoms with Crippen LogP contribution in [-0.2, 0) is 0 Å². The number of aromatic nitrogens is 4. The standard InChI is InChI=1S/C9H8N4O/c1-7-2-11-9(4-10-7)13-5-8(6-14)3-12-13/h2-6H,1H3. The van der Waals surface area contributed by atoms with E-state index < -0.39 is 0 Å². The van der Waals surface area contributed by atoms with Gasteiger partial charge in [0, 0.05) is 6.20 Å². The summed E-state index contributed by atoms with van der Waals surface area (Å²) in [5.41, 5.74) is 1.36. The van der Waals surface area contributed by atoms with Gasteiger partial charge in [-0.25, -0.2) is 9.67 Å². The second-order valence-corrected chi connectivity index (χ2v) is 2.85. The summed E-state index contributed by atoms with van der Waals surface area (Å²) in [5.74, 6) is 0.601. The van der Waals surface area contributed by atoms with Crippen LogP contribution in [0, 0.1) is 6.92 Å². The van der Waals surface area contributed by atoms with Crippen molar-refractivity contribution < 1.29 is 4.79 Å². The number of carbonyl (C=O) groups excluding carboxylic acids is 1. The van der Waals surface area contributed by atoms with Gasteiger partial charge in [-0.1, -0.05) is 0 Å². The molecule has 2 aromatic rings. The molecule has 5 heteroatoms. The highest BCUT2D eigenvalue weighted by Gasteiger charge is 2.00. The molecule has 0 aliphatic rings. The molecule has 0 unspecified atom stereocenters. The number of rotatable bonds is 2. The van der Waals surface area contributed by atoms with Gasteiger partial charge in [-0.2, -0.15) is 5.10 Å². The Bertz CT molecular complexity index is 446. The van der Waals surface area contributed by atoms with Crippen LogP contribution in [0.5, 0.6) is 0 Å². The number of carbonyl (C=O) groups is 1. The average molecular weight is 188 g/mol. The van der Waals surface area contributed by atoms with Gasteiger partial charge in [0.2, 0.25) is 0 Å². The molecule has 0 aliphatic carbocycles. The van der Waals surface area contributed by atoms with Gasteiger partial charge in [-0.15, -0.1) is 0 Å². The summed E-state index contributed by atoms with van der Waals surface area (Å²) < 4.78 is 1.51. The predicted octanol–water partition coefficient (Wildman–Crippen LogP) is 0.783. The molecule has 0 N–H and O–H groups in total. The second-order valence-electron chi connectivity index (χ2n) is 2.85. The van der Waals surface area contributed by atoms with Crippen molar-refractivity contribution in [2.45, 2.75) is 6.92 Å². The van der Waals surface area contributed by atoms with Crippen molar-refractivity contribution in [2.75, 3.05) is 0 Å². The maximum atomic E-state index is 10.4. The molecule has 0 saturated heterocycles. The molecule has 0 aliphatic heterocycles. The van der Waals surface area contributed by atoms with Crippen LogP contribution in [0.4, 0.5) is 0 Å². The number of hydrogen-bond acceptors (Lipinski definition) is 4. The quantitative estimate of drug-likeness (QED) is 0.653. The molecule has 0 atom stereocenters. The van der Waals surface area contributed by atoms with Gasteiger partial charge in [0.05, 0.1) is 29.8 Å². The zero-order chi connectivity index (χ0) is 9.97. The Kier molecular flexibility index (Phi) is 2.06. The topological polar surface area (TPSA) is 60.7 Å². The highest BCUT2D eigenvalue weighted by Crippen LogP contribution is 2.02. The lowest BCUT2D eigenvalue weighted by atomic mass is 10.4. The molecular formula is C9H8N4O. The summed E-state index contributed by atoms with van der Waals surface area (Å²) in [4.78, 5) is 18.6. The van der Waals surface area contributed by atoms with E-state index in [1.807, 2.05) is 6.92 Å². The van der Waals surface area contributed by atoms with Crippen LogP contribution < -0.4 is 0 Å². The van der Waals surface area contributed by atoms with E-state index in [4.69, 9.17) is 0 Å². The molecule has 0 fully saturated rings. The van der Waals surface area contributed by atoms with Crippen molar-refractivity contribution in [2.24, 2.45) is 0 Å². The van der Waals surface area contributed by atoms with Crippen LogP contribution in [0.2, 0.25) is 0 Å². The van der Waals surface area contributed by atoms with E-state index in [-0.39, 0.29) is 0 Å². The molecule has 70 valence electrons. The Morgan fingerprint density at radius 2 is 2.14 bits per heavy atom. The monoisotopic (exact) mass is 188 g/mol. The first-order chi connectivity index (χ1) is 6.79. The Morgan fingerprint density at radius 3 is 2.71 bits per heavy atom. The minimum Gasteiger partial charge on any atom is -0.298 e. The lowest BCUT2D eigenvalue weighted by Crippen LogP contribution is -1.98. The fourth-order valence-corrected chi connectivity index (χ4v) is 1.03. The zero-order valence-electron chi connectivity index (χ0n) is 7.58. The summed E-state index contributed by atoms with van der Waals surface area (Å²) in [6.45, 7) is 1.86. The normalized spacial score (nSPS) is 10.1. The molecular weight excluding hydrogens is 180 g/mol. The zero-order valence-corrected chi connectivity index (χ0v) is 7.58. The first kappa shape index (κ1) is 8.55. The summed E-state index contributed by atoms with van der Waals surface area (Å²) >= 11 is 0. The van der Waals surface area contributed by atoms with Gasteiger partial charge in [0.15, 0.2) is 12.1 Å². The smallest absolute Gasteiger partial charge is 0.171 e. The molecule has 0 radical (unpaired) electrons. The molecule has 0 amide bonds.